The van der Waals surface area contributed by atoms with Gasteiger partial charge in [-0.1, -0.05) is 6.07 Å². The fourth-order valence-electron chi connectivity index (χ4n) is 3.77. The molecular formula is C17H19N3O3. The quantitative estimate of drug-likeness (QED) is 0.764. The molecule has 1 atom stereocenters. The number of likely N-dealkylation sites (N-methyl/N-ethyl adjacent to an activating group) is 1. The molecule has 120 valence electrons. The molecule has 6 nitrogen and oxygen atoms in total. The Morgan fingerprint density at radius 1 is 1.04 bits per heavy atom. The molecule has 1 aromatic rings. The summed E-state index contributed by atoms with van der Waals surface area (Å²) in [5, 5.41) is 2.34. The number of hydrogen-bond donors (Lipinski definition) is 1. The molecule has 6 heteroatoms. The number of amides is 3. The van der Waals surface area contributed by atoms with Crippen molar-refractivity contribution >= 4 is 17.7 Å². The van der Waals surface area contributed by atoms with Gasteiger partial charge in [-0.15, -0.1) is 0 Å². The Labute approximate surface area is 134 Å². The Morgan fingerprint density at radius 3 is 2.65 bits per heavy atom. The Hall–Kier alpha value is -2.21. The highest BCUT2D eigenvalue weighted by Gasteiger charge is 2.39. The van der Waals surface area contributed by atoms with Crippen molar-refractivity contribution in [1.82, 2.24) is 15.1 Å². The number of nitrogens with zero attached hydrogens (tertiary/aromatic N) is 2. The topological polar surface area (TPSA) is 69.7 Å². The van der Waals surface area contributed by atoms with Gasteiger partial charge < -0.3 is 9.80 Å². The summed E-state index contributed by atoms with van der Waals surface area (Å²) in [6, 6.07) is 3.59. The fraction of sp³-hybridized carbons (Fsp3) is 0.471. The molecule has 0 saturated carbocycles. The van der Waals surface area contributed by atoms with Crippen molar-refractivity contribution in [2.45, 2.75) is 38.4 Å². The highest BCUT2D eigenvalue weighted by Crippen LogP contribution is 2.31. The van der Waals surface area contributed by atoms with Crippen LogP contribution in [0.5, 0.6) is 0 Å². The minimum absolute atomic E-state index is 0.0921. The maximum Gasteiger partial charge on any atom is 0.255 e. The smallest absolute Gasteiger partial charge is 0.255 e. The van der Waals surface area contributed by atoms with Crippen molar-refractivity contribution in [3.05, 3.63) is 34.4 Å². The van der Waals surface area contributed by atoms with E-state index in [9.17, 15) is 14.4 Å². The van der Waals surface area contributed by atoms with Gasteiger partial charge >= 0.3 is 0 Å². The summed E-state index contributed by atoms with van der Waals surface area (Å²) >= 11 is 0. The number of rotatable bonds is 1. The molecule has 0 aromatic heterocycles. The third kappa shape index (κ3) is 2.34. The van der Waals surface area contributed by atoms with E-state index in [-0.39, 0.29) is 24.1 Å². The molecule has 4 rings (SSSR count). The Balaban J connectivity index is 1.63. The van der Waals surface area contributed by atoms with Crippen LogP contribution >= 0.6 is 0 Å². The average Bonchev–Trinajstić information content (AvgIpc) is 2.82. The summed E-state index contributed by atoms with van der Waals surface area (Å²) in [6.45, 7) is 2.34. The minimum atomic E-state index is -0.535. The zero-order chi connectivity index (χ0) is 16.1. The van der Waals surface area contributed by atoms with E-state index in [4.69, 9.17) is 0 Å². The fourth-order valence-corrected chi connectivity index (χ4v) is 3.77. The monoisotopic (exact) mass is 313 g/mol. The lowest BCUT2D eigenvalue weighted by Gasteiger charge is -2.29. The first kappa shape index (κ1) is 14.4. The minimum Gasteiger partial charge on any atom is -0.322 e. The lowest BCUT2D eigenvalue weighted by atomic mass is 9.95. The van der Waals surface area contributed by atoms with E-state index in [0.29, 0.717) is 18.5 Å². The average molecular weight is 313 g/mol. The zero-order valence-electron chi connectivity index (χ0n) is 13.1. The molecule has 0 bridgehead atoms. The highest BCUT2D eigenvalue weighted by molar-refractivity contribution is 6.05. The van der Waals surface area contributed by atoms with Gasteiger partial charge in [0.1, 0.15) is 6.04 Å². The number of benzene rings is 1. The molecule has 0 radical (unpaired) electrons. The molecule has 1 fully saturated rings. The van der Waals surface area contributed by atoms with Gasteiger partial charge in [0.25, 0.3) is 5.91 Å². The third-order valence-corrected chi connectivity index (χ3v) is 5.05. The Morgan fingerprint density at radius 2 is 1.87 bits per heavy atom. The Bertz CT molecular complexity index is 728. The second-order valence-corrected chi connectivity index (χ2v) is 6.67. The van der Waals surface area contributed by atoms with Crippen molar-refractivity contribution in [3.8, 4) is 0 Å². The lowest BCUT2D eigenvalue weighted by Crippen LogP contribution is -2.52. The molecule has 3 aliphatic rings. The van der Waals surface area contributed by atoms with Gasteiger partial charge in [-0.2, -0.15) is 0 Å². The normalized spacial score (nSPS) is 24.5. The molecule has 3 heterocycles. The molecule has 1 unspecified atom stereocenters. The van der Waals surface area contributed by atoms with Crippen molar-refractivity contribution in [1.29, 1.82) is 0 Å². The van der Waals surface area contributed by atoms with Gasteiger partial charge in [0.2, 0.25) is 11.8 Å². The maximum atomic E-state index is 12.7. The molecular weight excluding hydrogens is 294 g/mol. The van der Waals surface area contributed by atoms with Crippen molar-refractivity contribution < 1.29 is 14.4 Å². The highest BCUT2D eigenvalue weighted by atomic mass is 16.2. The van der Waals surface area contributed by atoms with E-state index < -0.39 is 6.04 Å². The summed E-state index contributed by atoms with van der Waals surface area (Å²) in [7, 11) is 2.08. The van der Waals surface area contributed by atoms with E-state index in [1.165, 1.54) is 11.1 Å². The molecule has 3 aliphatic heterocycles. The van der Waals surface area contributed by atoms with E-state index >= 15 is 0 Å². The van der Waals surface area contributed by atoms with E-state index in [1.54, 1.807) is 4.90 Å². The third-order valence-electron chi connectivity index (χ3n) is 5.05. The summed E-state index contributed by atoms with van der Waals surface area (Å²) in [5.74, 6) is -0.702. The second-order valence-electron chi connectivity index (χ2n) is 6.67. The van der Waals surface area contributed by atoms with Crippen LogP contribution in [0.3, 0.4) is 0 Å². The van der Waals surface area contributed by atoms with Gasteiger partial charge in [0.15, 0.2) is 0 Å². The van der Waals surface area contributed by atoms with Gasteiger partial charge in [-0.25, -0.2) is 0 Å². The zero-order valence-corrected chi connectivity index (χ0v) is 13.1. The lowest BCUT2D eigenvalue weighted by molar-refractivity contribution is -0.136. The number of carbonyl (C=O) groups excluding carboxylic acids is 3. The van der Waals surface area contributed by atoms with Gasteiger partial charge in [-0.3, -0.25) is 19.7 Å². The molecule has 0 spiro atoms. The van der Waals surface area contributed by atoms with E-state index in [2.05, 4.69) is 23.3 Å². The predicted molar refractivity (Wildman–Crippen MR) is 82.5 cm³/mol. The number of fused-ring (bicyclic) bond motifs is 2. The number of nitrogens with one attached hydrogen (secondary N) is 1. The van der Waals surface area contributed by atoms with Crippen LogP contribution < -0.4 is 5.32 Å². The molecule has 23 heavy (non-hydrogen) atoms. The van der Waals surface area contributed by atoms with Crippen molar-refractivity contribution in [2.24, 2.45) is 0 Å². The number of hydrogen-bond acceptors (Lipinski definition) is 4. The van der Waals surface area contributed by atoms with Crippen LogP contribution in [0.4, 0.5) is 0 Å². The Kier molecular flexibility index (Phi) is 3.23. The second kappa shape index (κ2) is 5.16. The molecule has 1 saturated heterocycles. The van der Waals surface area contributed by atoms with Crippen LogP contribution in [-0.4, -0.2) is 47.2 Å². The standard InChI is InChI=1S/C17H19N3O3/c1-19-5-4-10-6-12-9-20(14-2-3-15(21)18-16(14)22)17(23)13(12)7-11(10)8-19/h6-7,14H,2-5,8-9H2,1H3,(H,18,21,22). The predicted octanol–water partition coefficient (Wildman–Crippen LogP) is 0.435. The van der Waals surface area contributed by atoms with Gasteiger partial charge in [0, 0.05) is 31.6 Å². The number of piperidine rings is 1. The van der Waals surface area contributed by atoms with Crippen LogP contribution in [0.2, 0.25) is 0 Å². The van der Waals surface area contributed by atoms with Crippen LogP contribution in [0.1, 0.15) is 39.9 Å². The summed E-state index contributed by atoms with van der Waals surface area (Å²) < 4.78 is 0. The van der Waals surface area contributed by atoms with E-state index in [1.807, 2.05) is 6.07 Å². The van der Waals surface area contributed by atoms with Crippen LogP contribution in [0, 0.1) is 0 Å². The van der Waals surface area contributed by atoms with Crippen molar-refractivity contribution in [2.75, 3.05) is 13.6 Å². The molecule has 1 N–H and O–H groups in total. The first-order chi connectivity index (χ1) is 11.0. The SMILES string of the molecule is CN1CCc2cc3c(cc2C1)C(=O)N(C1CCC(=O)NC1=O)C3. The number of carbonyl (C=O) groups is 3. The van der Waals surface area contributed by atoms with Crippen LogP contribution in [0.25, 0.3) is 0 Å². The van der Waals surface area contributed by atoms with E-state index in [0.717, 1.165) is 25.1 Å². The molecule has 1 aromatic carbocycles. The summed E-state index contributed by atoms with van der Waals surface area (Å²) in [4.78, 5) is 39.9. The first-order valence-electron chi connectivity index (χ1n) is 8.01. The summed E-state index contributed by atoms with van der Waals surface area (Å²) in [6.07, 6.45) is 1.69. The number of imide groups is 1. The first-order valence-corrected chi connectivity index (χ1v) is 8.01. The van der Waals surface area contributed by atoms with Gasteiger partial charge in [0.05, 0.1) is 0 Å². The maximum absolute atomic E-state index is 12.7. The molecule has 3 amide bonds. The van der Waals surface area contributed by atoms with Crippen LogP contribution in [-0.2, 0) is 29.1 Å². The van der Waals surface area contributed by atoms with Crippen molar-refractivity contribution in [3.63, 3.8) is 0 Å². The van der Waals surface area contributed by atoms with Gasteiger partial charge in [-0.05, 0) is 42.6 Å². The molecule has 0 aliphatic carbocycles. The van der Waals surface area contributed by atoms with Crippen LogP contribution in [0.15, 0.2) is 12.1 Å². The summed E-state index contributed by atoms with van der Waals surface area (Å²) in [5.41, 5.74) is 4.22. The largest absolute Gasteiger partial charge is 0.322 e.